The molecule has 0 N–H and O–H groups in total. The van der Waals surface area contributed by atoms with Gasteiger partial charge in [0, 0.05) is 47.4 Å². The molecule has 188 valence electrons. The van der Waals surface area contributed by atoms with Gasteiger partial charge in [-0.3, -0.25) is 4.68 Å². The van der Waals surface area contributed by atoms with Crippen LogP contribution in [0.25, 0.3) is 22.2 Å². The van der Waals surface area contributed by atoms with Gasteiger partial charge in [-0.1, -0.05) is 31.2 Å². The highest BCUT2D eigenvalue weighted by Crippen LogP contribution is 2.39. The molecule has 1 saturated heterocycles. The van der Waals surface area contributed by atoms with Crippen LogP contribution in [0.15, 0.2) is 54.6 Å². The molecule has 3 nitrogen and oxygen atoms in total. The van der Waals surface area contributed by atoms with Crippen LogP contribution in [-0.4, -0.2) is 22.9 Å². The molecule has 0 unspecified atom stereocenters. The summed E-state index contributed by atoms with van der Waals surface area (Å²) in [5, 5.41) is 4.37. The predicted molar refractivity (Wildman–Crippen MR) is 126 cm³/mol. The molecular weight excluding hydrogens is 480 g/mol. The number of fused-ring (bicyclic) bond motifs is 1. The maximum Gasteiger partial charge on any atom is 0.418 e. The first-order valence-corrected chi connectivity index (χ1v) is 11.7. The van der Waals surface area contributed by atoms with Gasteiger partial charge in [0.15, 0.2) is 0 Å². The average Bonchev–Trinajstić information content (AvgIpc) is 3.19. The molecule has 0 amide bonds. The van der Waals surface area contributed by atoms with E-state index < -0.39 is 41.3 Å². The monoisotopic (exact) mass is 503 g/mol. The second-order valence-corrected chi connectivity index (χ2v) is 9.27. The van der Waals surface area contributed by atoms with E-state index >= 15 is 0 Å². The van der Waals surface area contributed by atoms with Gasteiger partial charge in [0.2, 0.25) is 0 Å². The van der Waals surface area contributed by atoms with Gasteiger partial charge < -0.3 is 4.90 Å². The van der Waals surface area contributed by atoms with Crippen molar-refractivity contribution in [2.24, 2.45) is 5.92 Å². The Hall–Kier alpha value is -3.49. The number of halogens is 6. The summed E-state index contributed by atoms with van der Waals surface area (Å²) in [6.07, 6.45) is -2.61. The van der Waals surface area contributed by atoms with Crippen LogP contribution in [0.4, 0.5) is 32.0 Å². The van der Waals surface area contributed by atoms with Gasteiger partial charge in [0.25, 0.3) is 0 Å². The number of hydrogen-bond acceptors (Lipinski definition) is 2. The third kappa shape index (κ3) is 4.54. The summed E-state index contributed by atoms with van der Waals surface area (Å²) in [4.78, 5) is 2.22. The highest BCUT2D eigenvalue weighted by molar-refractivity contribution is 5.95. The lowest BCUT2D eigenvalue weighted by Gasteiger charge is -2.32. The van der Waals surface area contributed by atoms with Gasteiger partial charge in [-0.15, -0.1) is 0 Å². The number of benzene rings is 3. The number of aromatic nitrogens is 2. The first kappa shape index (κ1) is 24.2. The number of alkyl halides is 3. The molecule has 0 radical (unpaired) electrons. The van der Waals surface area contributed by atoms with E-state index in [4.69, 9.17) is 0 Å². The molecule has 1 fully saturated rings. The zero-order valence-electron chi connectivity index (χ0n) is 19.4. The van der Waals surface area contributed by atoms with Crippen LogP contribution in [0.5, 0.6) is 0 Å². The summed E-state index contributed by atoms with van der Waals surface area (Å²) < 4.78 is 84.9. The first-order chi connectivity index (χ1) is 17.1. The lowest BCUT2D eigenvalue weighted by Crippen LogP contribution is -2.32. The highest BCUT2D eigenvalue weighted by atomic mass is 19.4. The van der Waals surface area contributed by atoms with Gasteiger partial charge >= 0.3 is 6.18 Å². The molecule has 9 heteroatoms. The molecule has 36 heavy (non-hydrogen) atoms. The topological polar surface area (TPSA) is 21.1 Å². The zero-order valence-corrected chi connectivity index (χ0v) is 19.4. The lowest BCUT2D eigenvalue weighted by molar-refractivity contribution is -0.136. The van der Waals surface area contributed by atoms with E-state index in [-0.39, 0.29) is 10.9 Å². The number of anilines is 1. The van der Waals surface area contributed by atoms with Gasteiger partial charge in [0.05, 0.1) is 17.8 Å². The largest absolute Gasteiger partial charge is 0.418 e. The van der Waals surface area contributed by atoms with Gasteiger partial charge in [-0.25, -0.2) is 13.2 Å². The van der Waals surface area contributed by atoms with Crippen molar-refractivity contribution in [3.63, 3.8) is 0 Å². The van der Waals surface area contributed by atoms with Gasteiger partial charge in [-0.05, 0) is 37.0 Å². The molecule has 0 saturated carbocycles. The fourth-order valence-electron chi connectivity index (χ4n) is 4.79. The van der Waals surface area contributed by atoms with Crippen LogP contribution in [0.2, 0.25) is 0 Å². The van der Waals surface area contributed by atoms with Gasteiger partial charge in [-0.2, -0.15) is 18.3 Å². The van der Waals surface area contributed by atoms with E-state index in [0.29, 0.717) is 29.3 Å². The predicted octanol–water partition coefficient (Wildman–Crippen LogP) is 7.42. The van der Waals surface area contributed by atoms with E-state index in [2.05, 4.69) is 16.9 Å². The molecule has 0 atom stereocenters. The first-order valence-electron chi connectivity index (χ1n) is 11.7. The van der Waals surface area contributed by atoms with E-state index in [1.807, 2.05) is 12.1 Å². The molecule has 1 aliphatic rings. The smallest absolute Gasteiger partial charge is 0.371 e. The van der Waals surface area contributed by atoms with Crippen molar-refractivity contribution in [3.8, 4) is 11.3 Å². The van der Waals surface area contributed by atoms with Crippen molar-refractivity contribution in [2.45, 2.75) is 32.5 Å². The normalized spacial score (nSPS) is 15.1. The number of nitrogens with zero attached hydrogens (tertiary/aromatic N) is 3. The lowest BCUT2D eigenvalue weighted by atomic mass is 9.98. The van der Waals surface area contributed by atoms with Crippen molar-refractivity contribution in [1.29, 1.82) is 0 Å². The Morgan fingerprint density at radius 2 is 1.58 bits per heavy atom. The van der Waals surface area contributed by atoms with Gasteiger partial charge in [0.1, 0.15) is 23.0 Å². The third-order valence-corrected chi connectivity index (χ3v) is 6.76. The number of piperidine rings is 1. The fourth-order valence-corrected chi connectivity index (χ4v) is 4.79. The zero-order chi connectivity index (χ0) is 25.6. The summed E-state index contributed by atoms with van der Waals surface area (Å²) in [5.74, 6) is -2.73. The minimum absolute atomic E-state index is 0.206. The van der Waals surface area contributed by atoms with E-state index in [1.165, 1.54) is 12.1 Å². The van der Waals surface area contributed by atoms with Crippen LogP contribution in [-0.2, 0) is 12.7 Å². The fraction of sp³-hybridized carbons (Fsp3) is 0.296. The molecule has 0 bridgehead atoms. The molecule has 3 aromatic carbocycles. The van der Waals surface area contributed by atoms with Crippen LogP contribution in [0.3, 0.4) is 0 Å². The Kier molecular flexibility index (Phi) is 6.18. The molecule has 5 rings (SSSR count). The maximum atomic E-state index is 14.5. The van der Waals surface area contributed by atoms with Crippen molar-refractivity contribution in [2.75, 3.05) is 18.0 Å². The van der Waals surface area contributed by atoms with Crippen molar-refractivity contribution >= 4 is 16.6 Å². The second-order valence-electron chi connectivity index (χ2n) is 9.27. The maximum absolute atomic E-state index is 14.5. The van der Waals surface area contributed by atoms with Crippen molar-refractivity contribution in [3.05, 3.63) is 83.2 Å². The Morgan fingerprint density at radius 3 is 2.25 bits per heavy atom. The molecular formula is C27H23F6N3. The summed E-state index contributed by atoms with van der Waals surface area (Å²) in [5.41, 5.74) is 0.0234. The Bertz CT molecular complexity index is 1390. The molecule has 2 heterocycles. The standard InChI is InChI=1S/C27H23F6N3/c1-16-8-10-35(11-9-16)19-5-2-4-17(12-19)26-20-6-3-7-22(27(31,32)33)25(20)34-36(26)15-21-23(29)13-18(28)14-24(21)30/h2-7,12-14,16H,8-11,15H2,1H3. The summed E-state index contributed by atoms with van der Waals surface area (Å²) in [7, 11) is 0. The Labute approximate surface area is 204 Å². The number of hydrogen-bond donors (Lipinski definition) is 0. The van der Waals surface area contributed by atoms with Crippen molar-refractivity contribution in [1.82, 2.24) is 9.78 Å². The summed E-state index contributed by atoms with van der Waals surface area (Å²) in [6.45, 7) is 3.40. The molecule has 0 spiro atoms. The highest BCUT2D eigenvalue weighted by Gasteiger charge is 2.35. The van der Waals surface area contributed by atoms with E-state index in [9.17, 15) is 26.3 Å². The minimum atomic E-state index is -4.67. The summed E-state index contributed by atoms with van der Waals surface area (Å²) >= 11 is 0. The average molecular weight is 503 g/mol. The summed E-state index contributed by atoms with van der Waals surface area (Å²) in [6, 6.07) is 12.1. The van der Waals surface area contributed by atoms with Crippen LogP contribution in [0, 0.1) is 23.4 Å². The Morgan fingerprint density at radius 1 is 0.917 bits per heavy atom. The van der Waals surface area contributed by atoms with E-state index in [0.717, 1.165) is 42.4 Å². The van der Waals surface area contributed by atoms with Crippen LogP contribution < -0.4 is 4.90 Å². The molecule has 4 aromatic rings. The third-order valence-electron chi connectivity index (χ3n) is 6.76. The molecule has 0 aliphatic carbocycles. The molecule has 1 aliphatic heterocycles. The number of rotatable bonds is 4. The van der Waals surface area contributed by atoms with Crippen LogP contribution >= 0.6 is 0 Å². The molecule has 1 aromatic heterocycles. The Balaban J connectivity index is 1.68. The van der Waals surface area contributed by atoms with Crippen molar-refractivity contribution < 1.29 is 26.3 Å². The van der Waals surface area contributed by atoms with Crippen LogP contribution in [0.1, 0.15) is 30.9 Å². The van der Waals surface area contributed by atoms with E-state index in [1.54, 1.807) is 12.1 Å². The SMILES string of the molecule is CC1CCN(c2cccc(-c3c4cccc(C(F)(F)F)c4nn3Cc3c(F)cc(F)cc3F)c2)CC1. The quantitative estimate of drug-likeness (QED) is 0.270. The minimum Gasteiger partial charge on any atom is -0.371 e. The second kappa shape index (κ2) is 9.19.